The van der Waals surface area contributed by atoms with Crippen molar-refractivity contribution in [1.29, 1.82) is 0 Å². The minimum absolute atomic E-state index is 0.244. The Balaban J connectivity index is 0.000000921. The van der Waals surface area contributed by atoms with Gasteiger partial charge in [-0.25, -0.2) is 0 Å². The summed E-state index contributed by atoms with van der Waals surface area (Å²) in [5.74, 6) is -0.324. The van der Waals surface area contributed by atoms with E-state index in [1.165, 1.54) is 0 Å². The van der Waals surface area contributed by atoms with E-state index in [1.54, 1.807) is 6.92 Å². The molecule has 4 nitrogen and oxygen atoms in total. The van der Waals surface area contributed by atoms with Crippen LogP contribution in [0, 0.1) is 5.41 Å². The molecule has 0 aromatic carbocycles. The van der Waals surface area contributed by atoms with Crippen LogP contribution < -0.4 is 5.73 Å². The summed E-state index contributed by atoms with van der Waals surface area (Å²) >= 11 is 0. The van der Waals surface area contributed by atoms with Crippen molar-refractivity contribution in [2.45, 2.75) is 40.2 Å². The predicted molar refractivity (Wildman–Crippen MR) is 59.5 cm³/mol. The average Bonchev–Trinajstić information content (AvgIpc) is 2.69. The molecule has 2 unspecified atom stereocenters. The molecular weight excluding hydrogens is 194 g/mol. The zero-order valence-corrected chi connectivity index (χ0v) is 10.2. The maximum atomic E-state index is 11.3. The van der Waals surface area contributed by atoms with Gasteiger partial charge in [-0.3, -0.25) is 4.79 Å². The number of rotatable bonds is 3. The first-order chi connectivity index (χ1) is 7.10. The highest BCUT2D eigenvalue weighted by Gasteiger charge is 2.40. The largest absolute Gasteiger partial charge is 0.465 e. The van der Waals surface area contributed by atoms with Crippen LogP contribution in [-0.4, -0.2) is 31.8 Å². The van der Waals surface area contributed by atoms with Crippen molar-refractivity contribution in [3.8, 4) is 0 Å². The Bertz CT molecular complexity index is 188. The van der Waals surface area contributed by atoms with Gasteiger partial charge in [0, 0.05) is 12.0 Å². The average molecular weight is 217 g/mol. The molecule has 0 aromatic heterocycles. The van der Waals surface area contributed by atoms with Crippen LogP contribution in [0.15, 0.2) is 0 Å². The van der Waals surface area contributed by atoms with Crippen molar-refractivity contribution in [1.82, 2.24) is 0 Å². The zero-order valence-electron chi connectivity index (χ0n) is 10.2. The van der Waals surface area contributed by atoms with Crippen LogP contribution in [0.5, 0.6) is 0 Å². The number of nitrogens with two attached hydrogens (primary N) is 1. The van der Waals surface area contributed by atoms with Crippen molar-refractivity contribution in [2.24, 2.45) is 11.1 Å². The lowest BCUT2D eigenvalue weighted by Gasteiger charge is -2.27. The highest BCUT2D eigenvalue weighted by Crippen LogP contribution is 2.31. The van der Waals surface area contributed by atoms with Crippen molar-refractivity contribution in [2.75, 3.05) is 19.8 Å². The number of ether oxygens (including phenoxy) is 2. The van der Waals surface area contributed by atoms with Crippen LogP contribution in [0.2, 0.25) is 0 Å². The smallest absolute Gasteiger partial charge is 0.323 e. The normalized spacial score (nSPS) is 26.5. The second-order valence-electron chi connectivity index (χ2n) is 3.69. The van der Waals surface area contributed by atoms with Crippen molar-refractivity contribution in [3.05, 3.63) is 0 Å². The van der Waals surface area contributed by atoms with Gasteiger partial charge < -0.3 is 15.2 Å². The summed E-state index contributed by atoms with van der Waals surface area (Å²) in [4.78, 5) is 11.3. The van der Waals surface area contributed by atoms with Crippen LogP contribution >= 0.6 is 0 Å². The van der Waals surface area contributed by atoms with E-state index in [4.69, 9.17) is 15.2 Å². The van der Waals surface area contributed by atoms with Crippen molar-refractivity contribution >= 4 is 5.97 Å². The molecule has 0 radical (unpaired) electrons. The molecule has 1 rings (SSSR count). The molecule has 2 atom stereocenters. The fourth-order valence-corrected chi connectivity index (χ4v) is 1.44. The summed E-state index contributed by atoms with van der Waals surface area (Å²) in [6, 6.07) is -0.560. The summed E-state index contributed by atoms with van der Waals surface area (Å²) < 4.78 is 10.1. The summed E-state index contributed by atoms with van der Waals surface area (Å²) in [6.45, 7) is 9.35. The van der Waals surface area contributed by atoms with E-state index in [1.807, 2.05) is 20.8 Å². The van der Waals surface area contributed by atoms with Crippen molar-refractivity contribution in [3.63, 3.8) is 0 Å². The minimum atomic E-state index is -0.560. The first-order valence-corrected chi connectivity index (χ1v) is 5.60. The second-order valence-corrected chi connectivity index (χ2v) is 3.69. The van der Waals surface area contributed by atoms with Crippen LogP contribution in [0.1, 0.15) is 34.1 Å². The van der Waals surface area contributed by atoms with Gasteiger partial charge in [-0.2, -0.15) is 0 Å². The van der Waals surface area contributed by atoms with Crippen LogP contribution in [0.4, 0.5) is 0 Å². The quantitative estimate of drug-likeness (QED) is 0.724. The molecule has 4 heteroatoms. The van der Waals surface area contributed by atoms with Gasteiger partial charge in [-0.1, -0.05) is 20.8 Å². The third-order valence-corrected chi connectivity index (χ3v) is 2.54. The molecule has 15 heavy (non-hydrogen) atoms. The zero-order chi connectivity index (χ0) is 11.9. The van der Waals surface area contributed by atoms with Gasteiger partial charge in [0.05, 0.1) is 13.2 Å². The molecule has 0 bridgehead atoms. The van der Waals surface area contributed by atoms with Crippen LogP contribution in [0.3, 0.4) is 0 Å². The van der Waals surface area contributed by atoms with Gasteiger partial charge in [0.2, 0.25) is 0 Å². The molecule has 0 amide bonds. The number of esters is 1. The van der Waals surface area contributed by atoms with Gasteiger partial charge in [-0.15, -0.1) is 0 Å². The Kier molecular flexibility index (Phi) is 6.52. The molecule has 1 fully saturated rings. The minimum Gasteiger partial charge on any atom is -0.465 e. The van der Waals surface area contributed by atoms with Crippen molar-refractivity contribution < 1.29 is 14.3 Å². The van der Waals surface area contributed by atoms with Gasteiger partial charge >= 0.3 is 5.97 Å². The SMILES string of the molecule is CC.CCOC(=O)C(N)C1(C)CCOC1. The molecular formula is C11H23NO3. The predicted octanol–water partition coefficient (Wildman–Crippen LogP) is 1.33. The second kappa shape index (κ2) is 6.80. The van der Waals surface area contributed by atoms with E-state index < -0.39 is 6.04 Å². The molecule has 2 N–H and O–H groups in total. The monoisotopic (exact) mass is 217 g/mol. The highest BCUT2D eigenvalue weighted by atomic mass is 16.5. The Hall–Kier alpha value is -0.610. The molecule has 0 spiro atoms. The van der Waals surface area contributed by atoms with E-state index in [0.717, 1.165) is 6.42 Å². The number of hydrogen-bond acceptors (Lipinski definition) is 4. The lowest BCUT2D eigenvalue weighted by molar-refractivity contribution is -0.147. The van der Waals surface area contributed by atoms with E-state index >= 15 is 0 Å². The van der Waals surface area contributed by atoms with Crippen LogP contribution in [0.25, 0.3) is 0 Å². The molecule has 0 saturated carbocycles. The summed E-state index contributed by atoms with van der Waals surface area (Å²) in [7, 11) is 0. The number of carbonyl (C=O) groups excluding carboxylic acids is 1. The van der Waals surface area contributed by atoms with E-state index in [0.29, 0.717) is 19.8 Å². The van der Waals surface area contributed by atoms with Gasteiger partial charge in [0.1, 0.15) is 6.04 Å². The molecule has 1 heterocycles. The molecule has 1 aliphatic heterocycles. The number of carbonyl (C=O) groups is 1. The number of hydrogen-bond donors (Lipinski definition) is 1. The van der Waals surface area contributed by atoms with E-state index in [9.17, 15) is 4.79 Å². The maximum Gasteiger partial charge on any atom is 0.323 e. The van der Waals surface area contributed by atoms with Gasteiger partial charge in [0.25, 0.3) is 0 Å². The Morgan fingerprint density at radius 1 is 1.60 bits per heavy atom. The van der Waals surface area contributed by atoms with Gasteiger partial charge in [-0.05, 0) is 13.3 Å². The maximum absolute atomic E-state index is 11.3. The van der Waals surface area contributed by atoms with E-state index in [2.05, 4.69) is 0 Å². The fraction of sp³-hybridized carbons (Fsp3) is 0.909. The molecule has 1 saturated heterocycles. The summed E-state index contributed by atoms with van der Waals surface area (Å²) in [5, 5.41) is 0. The lowest BCUT2D eigenvalue weighted by atomic mass is 9.82. The molecule has 1 aliphatic rings. The molecule has 90 valence electrons. The van der Waals surface area contributed by atoms with Crippen LogP contribution in [-0.2, 0) is 14.3 Å². The van der Waals surface area contributed by atoms with E-state index in [-0.39, 0.29) is 11.4 Å². The first-order valence-electron chi connectivity index (χ1n) is 5.60. The Morgan fingerprint density at radius 3 is 2.60 bits per heavy atom. The topological polar surface area (TPSA) is 61.5 Å². The van der Waals surface area contributed by atoms with Gasteiger partial charge in [0.15, 0.2) is 0 Å². The third kappa shape index (κ3) is 3.80. The fourth-order valence-electron chi connectivity index (χ4n) is 1.44. The standard InChI is InChI=1S/C9H17NO3.C2H6/c1-3-13-8(11)7(10)9(2)4-5-12-6-9;1-2/h7H,3-6,10H2,1-2H3;1-2H3. The summed E-state index contributed by atoms with van der Waals surface area (Å²) in [5.41, 5.74) is 5.54. The highest BCUT2D eigenvalue weighted by molar-refractivity contribution is 5.76. The molecule has 0 aliphatic carbocycles. The Labute approximate surface area is 92.1 Å². The molecule has 0 aromatic rings. The summed E-state index contributed by atoms with van der Waals surface area (Å²) in [6.07, 6.45) is 0.826. The first kappa shape index (κ1) is 14.4. The third-order valence-electron chi connectivity index (χ3n) is 2.54. The lowest BCUT2D eigenvalue weighted by Crippen LogP contribution is -2.47. The Morgan fingerprint density at radius 2 is 2.20 bits per heavy atom.